The number of benzene rings is 3. The normalized spacial score (nSPS) is 18.8. The largest absolute Gasteiger partial charge is 2.00 e. The van der Waals surface area contributed by atoms with Crippen LogP contribution in [0.3, 0.4) is 0 Å². The molecule has 2 atom stereocenters. The van der Waals surface area contributed by atoms with Crippen molar-refractivity contribution in [1.82, 2.24) is 0 Å². The van der Waals surface area contributed by atoms with Crippen molar-refractivity contribution in [2.45, 2.75) is 69.9 Å². The minimum atomic E-state index is -0.327. The van der Waals surface area contributed by atoms with Crippen molar-refractivity contribution in [2.24, 2.45) is 0 Å². The molecule has 0 nitrogen and oxygen atoms in total. The molecule has 2 aliphatic carbocycles. The molecular weight excluding hydrogens is 459 g/mol. The molecule has 5 rings (SSSR count). The Balaban J connectivity index is 0.000000607. The van der Waals surface area contributed by atoms with Crippen LogP contribution in [0.1, 0.15) is 68.4 Å². The summed E-state index contributed by atoms with van der Waals surface area (Å²) in [4.78, 5) is 0. The summed E-state index contributed by atoms with van der Waals surface area (Å²) in [7, 11) is -0.327. The van der Waals surface area contributed by atoms with Gasteiger partial charge in [0.2, 0.25) is 0 Å². The fourth-order valence-electron chi connectivity index (χ4n) is 5.21. The van der Waals surface area contributed by atoms with Crippen LogP contribution in [0.25, 0.3) is 0 Å². The molecule has 0 bridgehead atoms. The third-order valence-corrected chi connectivity index (χ3v) is 9.71. The minimum absolute atomic E-state index is 0. The molecule has 2 saturated carbocycles. The summed E-state index contributed by atoms with van der Waals surface area (Å²) in [5, 5.41) is 3.04. The van der Waals surface area contributed by atoms with E-state index >= 15 is 0 Å². The molecule has 2 heteroatoms. The van der Waals surface area contributed by atoms with Crippen molar-refractivity contribution >= 4 is 18.5 Å². The summed E-state index contributed by atoms with van der Waals surface area (Å²) in [6.07, 6.45) is 11.5. The van der Waals surface area contributed by atoms with Crippen LogP contribution < -0.4 is 10.6 Å². The predicted octanol–water partition coefficient (Wildman–Crippen LogP) is 8.61. The van der Waals surface area contributed by atoms with E-state index in [-0.39, 0.29) is 39.8 Å². The molecule has 0 spiro atoms. The van der Waals surface area contributed by atoms with Gasteiger partial charge < -0.3 is 14.9 Å². The summed E-state index contributed by atoms with van der Waals surface area (Å²) < 4.78 is 0. The second-order valence-electron chi connectivity index (χ2n) is 8.77. The zero-order chi connectivity index (χ0) is 20.6. The Labute approximate surface area is 215 Å². The average molecular weight is 500 g/mol. The van der Waals surface area contributed by atoms with Gasteiger partial charge in [0.25, 0.3) is 0 Å². The maximum absolute atomic E-state index is 2.36. The van der Waals surface area contributed by atoms with Crippen molar-refractivity contribution in [3.05, 3.63) is 111 Å². The molecule has 2 unspecified atom stereocenters. The zero-order valence-electron chi connectivity index (χ0n) is 20.7. The van der Waals surface area contributed by atoms with Gasteiger partial charge in [-0.2, -0.15) is 0 Å². The minimum Gasteiger partial charge on any atom is -0.358 e. The van der Waals surface area contributed by atoms with Crippen LogP contribution in [0.15, 0.2) is 84.9 Å². The van der Waals surface area contributed by atoms with Gasteiger partial charge in [-0.3, -0.25) is 0 Å². The Morgan fingerprint density at radius 3 is 1.52 bits per heavy atom. The fraction of sp³-hybridized carbons (Fsp3) is 0.355. The van der Waals surface area contributed by atoms with Crippen molar-refractivity contribution in [1.29, 1.82) is 0 Å². The number of hydrogen-bond donors (Lipinski definition) is 0. The molecule has 2 aliphatic rings. The van der Waals surface area contributed by atoms with E-state index in [2.05, 4.69) is 91.9 Å². The maximum Gasteiger partial charge on any atom is 2.00 e. The van der Waals surface area contributed by atoms with Gasteiger partial charge in [0.05, 0.1) is 0 Å². The monoisotopic (exact) mass is 500 g/mol. The van der Waals surface area contributed by atoms with Crippen LogP contribution in [0.4, 0.5) is 0 Å². The van der Waals surface area contributed by atoms with Gasteiger partial charge in [0, 0.05) is 0 Å². The van der Waals surface area contributed by atoms with Crippen molar-refractivity contribution in [3.63, 3.8) is 0 Å². The first-order chi connectivity index (χ1) is 14.8. The molecule has 0 N–H and O–H groups in total. The predicted molar refractivity (Wildman–Crippen MR) is 147 cm³/mol. The molecule has 3 aromatic carbocycles. The van der Waals surface area contributed by atoms with Crippen LogP contribution >= 0.6 is 7.92 Å². The molecule has 0 heterocycles. The van der Waals surface area contributed by atoms with Gasteiger partial charge in [0.15, 0.2) is 0 Å². The first kappa shape index (κ1) is 29.6. The second kappa shape index (κ2) is 15.5. The summed E-state index contributed by atoms with van der Waals surface area (Å²) in [5.41, 5.74) is 3.76. The van der Waals surface area contributed by atoms with E-state index in [0.717, 1.165) is 5.66 Å². The number of hydrogen-bond acceptors (Lipinski definition) is 0. The van der Waals surface area contributed by atoms with Crippen molar-refractivity contribution in [2.75, 3.05) is 0 Å². The fourth-order valence-corrected chi connectivity index (χ4v) is 8.37. The van der Waals surface area contributed by atoms with E-state index in [0.29, 0.717) is 5.92 Å². The number of rotatable bonds is 4. The molecule has 2 fully saturated rings. The van der Waals surface area contributed by atoms with E-state index in [1.54, 1.807) is 5.56 Å². The first-order valence-corrected chi connectivity index (χ1v) is 13.2. The van der Waals surface area contributed by atoms with Gasteiger partial charge in [-0.1, -0.05) is 123 Å². The Morgan fingerprint density at radius 1 is 0.576 bits per heavy atom. The van der Waals surface area contributed by atoms with Crippen LogP contribution in [-0.2, 0) is 17.1 Å². The summed E-state index contributed by atoms with van der Waals surface area (Å²) in [6.45, 7) is 2.28. The van der Waals surface area contributed by atoms with E-state index in [4.69, 9.17) is 0 Å². The van der Waals surface area contributed by atoms with Crippen molar-refractivity contribution < 1.29 is 17.1 Å². The summed E-state index contributed by atoms with van der Waals surface area (Å²) in [6, 6.07) is 31.4. The van der Waals surface area contributed by atoms with Crippen LogP contribution in [0, 0.1) is 21.8 Å². The standard InChI is InChI=1S/C24H25P.C5H10.2CH3.Fe/c1-19-11-8-9-16-22(19)23-17-10-18-24(23)25(20-12-4-2-5-13-20)21-14-6-3-7-15-21;1-2-4-5-3-1;;;/h2-9,11-16,23-24H,10,17-18H2,1H3;1-5H2;2*1H3;/q;;2*-1;+2. The Morgan fingerprint density at radius 2 is 1.03 bits per heavy atom. The van der Waals surface area contributed by atoms with Gasteiger partial charge in [-0.15, -0.1) is 0 Å². The summed E-state index contributed by atoms with van der Waals surface area (Å²) >= 11 is 0. The third-order valence-electron chi connectivity index (χ3n) is 6.72. The molecule has 0 saturated heterocycles. The molecular formula is C31H41FeP. The summed E-state index contributed by atoms with van der Waals surface area (Å²) in [5.74, 6) is 0.688. The van der Waals surface area contributed by atoms with E-state index in [9.17, 15) is 0 Å². The third kappa shape index (κ3) is 7.82. The van der Waals surface area contributed by atoms with Gasteiger partial charge in [0.1, 0.15) is 0 Å². The second-order valence-corrected chi connectivity index (χ2v) is 11.2. The van der Waals surface area contributed by atoms with E-state index < -0.39 is 0 Å². The van der Waals surface area contributed by atoms with Crippen LogP contribution in [-0.4, -0.2) is 5.66 Å². The molecule has 33 heavy (non-hydrogen) atoms. The topological polar surface area (TPSA) is 0 Å². The van der Waals surface area contributed by atoms with Crippen LogP contribution in [0.2, 0.25) is 0 Å². The Hall–Kier alpha value is -1.39. The maximum atomic E-state index is 2.36. The quantitative estimate of drug-likeness (QED) is 0.191. The van der Waals surface area contributed by atoms with Crippen molar-refractivity contribution in [3.8, 4) is 0 Å². The van der Waals surface area contributed by atoms with Gasteiger partial charge in [-0.25, -0.2) is 0 Å². The first-order valence-electron chi connectivity index (χ1n) is 11.8. The van der Waals surface area contributed by atoms with E-state index in [1.165, 1.54) is 67.5 Å². The molecule has 0 aliphatic heterocycles. The Kier molecular flexibility index (Phi) is 13.9. The smallest absolute Gasteiger partial charge is 0.358 e. The molecule has 0 radical (unpaired) electrons. The average Bonchev–Trinajstić information content (AvgIpc) is 3.52. The van der Waals surface area contributed by atoms with Gasteiger partial charge >= 0.3 is 17.1 Å². The van der Waals surface area contributed by atoms with E-state index in [1.807, 2.05) is 0 Å². The molecule has 0 aromatic heterocycles. The van der Waals surface area contributed by atoms with Crippen LogP contribution in [0.5, 0.6) is 0 Å². The Bertz CT molecular complexity index is 842. The zero-order valence-corrected chi connectivity index (χ0v) is 22.7. The molecule has 178 valence electrons. The molecule has 3 aromatic rings. The number of aryl methyl sites for hydroxylation is 1. The SMILES string of the molecule is C1CCCC1.Cc1ccccc1C1CCCC1P(c1ccccc1)c1ccccc1.[CH3-].[CH3-].[Fe+2]. The van der Waals surface area contributed by atoms with Gasteiger partial charge in [-0.05, 0) is 61.0 Å². The molecule has 0 amide bonds.